The summed E-state index contributed by atoms with van der Waals surface area (Å²) >= 11 is 0. The first-order chi connectivity index (χ1) is 7.98. The van der Waals surface area contributed by atoms with Crippen molar-refractivity contribution in [3.8, 4) is 0 Å². The molecule has 1 heterocycles. The van der Waals surface area contributed by atoms with E-state index in [1.807, 2.05) is 13.8 Å². The maximum atomic E-state index is 12.3. The molecule has 1 atom stereocenters. The lowest BCUT2D eigenvalue weighted by molar-refractivity contribution is -0.125. The van der Waals surface area contributed by atoms with Gasteiger partial charge in [-0.2, -0.15) is 0 Å². The quantitative estimate of drug-likeness (QED) is 0.560. The van der Waals surface area contributed by atoms with Crippen molar-refractivity contribution in [2.75, 3.05) is 6.54 Å². The van der Waals surface area contributed by atoms with Crippen molar-refractivity contribution in [3.63, 3.8) is 0 Å². The highest BCUT2D eigenvalue weighted by molar-refractivity contribution is 6.81. The molecule has 17 heavy (non-hydrogen) atoms. The highest BCUT2D eigenvalue weighted by Gasteiger charge is 2.51. The molecule has 0 N–H and O–H groups in total. The zero-order valence-electron chi connectivity index (χ0n) is 11.6. The van der Waals surface area contributed by atoms with Crippen molar-refractivity contribution in [3.05, 3.63) is 0 Å². The monoisotopic (exact) mass is 256 g/mol. The number of rotatable bonds is 5. The number of hydrogen-bond donors (Lipinski definition) is 0. The second kappa shape index (κ2) is 5.21. The summed E-state index contributed by atoms with van der Waals surface area (Å²) in [7, 11) is -1.92. The lowest BCUT2D eigenvalue weighted by atomic mass is 10.3. The van der Waals surface area contributed by atoms with Crippen LogP contribution >= 0.6 is 0 Å². The number of likely N-dealkylation sites (N-methyl/N-ethyl adjacent to an activating group) is 1. The lowest BCUT2D eigenvalue weighted by Crippen LogP contribution is -2.55. The van der Waals surface area contributed by atoms with Crippen molar-refractivity contribution in [2.24, 2.45) is 0 Å². The number of urea groups is 1. The molecule has 5 heteroatoms. The van der Waals surface area contributed by atoms with E-state index >= 15 is 0 Å². The van der Waals surface area contributed by atoms with Gasteiger partial charge in [0.05, 0.1) is 0 Å². The van der Waals surface area contributed by atoms with Crippen LogP contribution < -0.4 is 0 Å². The standard InChI is InChI=1S/C12H24N2O2Si/c1-6-13-10(5)11(15)14(12(13)16)17(7-2,8-3)9-4/h10H,6-9H2,1-5H3. The summed E-state index contributed by atoms with van der Waals surface area (Å²) in [5, 5.41) is 0. The first-order valence-corrected chi connectivity index (χ1v) is 9.20. The molecule has 0 bridgehead atoms. The predicted octanol–water partition coefficient (Wildman–Crippen LogP) is 2.66. The Morgan fingerprint density at radius 2 is 1.53 bits per heavy atom. The van der Waals surface area contributed by atoms with Gasteiger partial charge in [0, 0.05) is 6.54 Å². The van der Waals surface area contributed by atoms with Gasteiger partial charge in [-0.15, -0.1) is 0 Å². The van der Waals surface area contributed by atoms with Gasteiger partial charge >= 0.3 is 6.03 Å². The van der Waals surface area contributed by atoms with E-state index in [9.17, 15) is 9.59 Å². The third-order valence-corrected chi connectivity index (χ3v) is 9.58. The van der Waals surface area contributed by atoms with Crippen molar-refractivity contribution < 1.29 is 9.59 Å². The minimum Gasteiger partial charge on any atom is -0.314 e. The van der Waals surface area contributed by atoms with Gasteiger partial charge in [0.1, 0.15) is 6.04 Å². The Kier molecular flexibility index (Phi) is 4.35. The molecule has 1 unspecified atom stereocenters. The highest BCUT2D eigenvalue weighted by Crippen LogP contribution is 2.31. The van der Waals surface area contributed by atoms with E-state index in [4.69, 9.17) is 0 Å². The fraction of sp³-hybridized carbons (Fsp3) is 0.833. The average Bonchev–Trinajstić information content (AvgIpc) is 2.56. The molecule has 0 aromatic heterocycles. The van der Waals surface area contributed by atoms with Crippen LogP contribution in [0.5, 0.6) is 0 Å². The fourth-order valence-electron chi connectivity index (χ4n) is 2.78. The van der Waals surface area contributed by atoms with Crippen LogP contribution in [0.15, 0.2) is 0 Å². The first-order valence-electron chi connectivity index (χ1n) is 6.63. The summed E-state index contributed by atoms with van der Waals surface area (Å²) in [6, 6.07) is 2.55. The van der Waals surface area contributed by atoms with Gasteiger partial charge in [0.15, 0.2) is 8.24 Å². The molecule has 98 valence electrons. The van der Waals surface area contributed by atoms with Crippen molar-refractivity contribution in [1.82, 2.24) is 9.47 Å². The van der Waals surface area contributed by atoms with Crippen molar-refractivity contribution in [2.45, 2.75) is 58.8 Å². The SMILES string of the molecule is CCN1C(=O)N([Si](CC)(CC)CC)C(=O)C1C. The topological polar surface area (TPSA) is 40.6 Å². The van der Waals surface area contributed by atoms with Gasteiger partial charge in [-0.05, 0) is 32.0 Å². The van der Waals surface area contributed by atoms with Crippen LogP contribution in [0, 0.1) is 0 Å². The minimum atomic E-state index is -1.92. The van der Waals surface area contributed by atoms with Gasteiger partial charge in [-0.1, -0.05) is 20.8 Å². The molecular formula is C12H24N2O2Si. The molecule has 0 aliphatic carbocycles. The van der Waals surface area contributed by atoms with Gasteiger partial charge < -0.3 is 4.90 Å². The molecule has 1 aliphatic heterocycles. The molecule has 1 rings (SSSR count). The molecule has 1 aliphatic rings. The predicted molar refractivity (Wildman–Crippen MR) is 71.3 cm³/mol. The maximum absolute atomic E-state index is 12.3. The molecule has 1 saturated heterocycles. The van der Waals surface area contributed by atoms with Gasteiger partial charge in [-0.3, -0.25) is 9.36 Å². The van der Waals surface area contributed by atoms with Crippen LogP contribution in [-0.2, 0) is 4.79 Å². The van der Waals surface area contributed by atoms with E-state index in [2.05, 4.69) is 20.8 Å². The van der Waals surface area contributed by atoms with E-state index in [0.29, 0.717) is 6.54 Å². The van der Waals surface area contributed by atoms with E-state index < -0.39 is 8.24 Å². The molecule has 0 saturated carbocycles. The molecule has 0 radical (unpaired) electrons. The Bertz CT molecular complexity index is 307. The molecule has 0 aromatic carbocycles. The number of nitrogens with zero attached hydrogens (tertiary/aromatic N) is 2. The third kappa shape index (κ3) is 2.01. The van der Waals surface area contributed by atoms with E-state index in [1.165, 1.54) is 0 Å². The average molecular weight is 256 g/mol. The van der Waals surface area contributed by atoms with Crippen LogP contribution in [0.4, 0.5) is 4.79 Å². The van der Waals surface area contributed by atoms with Crippen LogP contribution in [0.2, 0.25) is 18.1 Å². The lowest BCUT2D eigenvalue weighted by Gasteiger charge is -2.35. The highest BCUT2D eigenvalue weighted by atomic mass is 28.3. The fourth-order valence-corrected chi connectivity index (χ4v) is 6.42. The Morgan fingerprint density at radius 3 is 1.82 bits per heavy atom. The number of amides is 3. The second-order valence-electron chi connectivity index (χ2n) is 4.70. The third-order valence-electron chi connectivity index (χ3n) is 4.27. The molecule has 3 amide bonds. The van der Waals surface area contributed by atoms with E-state index in [1.54, 1.807) is 9.47 Å². The summed E-state index contributed by atoms with van der Waals surface area (Å²) in [5.41, 5.74) is 0. The molecule has 1 fully saturated rings. The van der Waals surface area contributed by atoms with Crippen molar-refractivity contribution >= 4 is 20.2 Å². The van der Waals surface area contributed by atoms with E-state index in [0.717, 1.165) is 18.1 Å². The maximum Gasteiger partial charge on any atom is 0.319 e. The summed E-state index contributed by atoms with van der Waals surface area (Å²) in [4.78, 5) is 26.3. The summed E-state index contributed by atoms with van der Waals surface area (Å²) in [5.74, 6) is 0.0223. The number of imide groups is 1. The number of carbonyl (C=O) groups excluding carboxylic acids is 2. The molecule has 0 aromatic rings. The van der Waals surface area contributed by atoms with Crippen LogP contribution in [0.25, 0.3) is 0 Å². The number of hydrogen-bond acceptors (Lipinski definition) is 2. The summed E-state index contributed by atoms with van der Waals surface area (Å²) < 4.78 is 1.65. The molecular weight excluding hydrogens is 232 g/mol. The van der Waals surface area contributed by atoms with Gasteiger partial charge in [-0.25, -0.2) is 4.79 Å². The summed E-state index contributed by atoms with van der Waals surface area (Å²) in [6.07, 6.45) is 0. The molecule has 0 spiro atoms. The Labute approximate surface area is 105 Å². The van der Waals surface area contributed by atoms with Crippen LogP contribution in [0.1, 0.15) is 34.6 Å². The first kappa shape index (κ1) is 14.2. The number of carbonyl (C=O) groups is 2. The Balaban J connectivity index is 3.13. The molecule has 4 nitrogen and oxygen atoms in total. The van der Waals surface area contributed by atoms with Crippen molar-refractivity contribution in [1.29, 1.82) is 0 Å². The normalized spacial score (nSPS) is 21.6. The van der Waals surface area contributed by atoms with Crippen LogP contribution in [-0.4, -0.2) is 42.2 Å². The van der Waals surface area contributed by atoms with E-state index in [-0.39, 0.29) is 18.0 Å². The Hall–Kier alpha value is -0.843. The largest absolute Gasteiger partial charge is 0.319 e. The summed E-state index contributed by atoms with van der Waals surface area (Å²) in [6.45, 7) is 10.7. The second-order valence-corrected chi connectivity index (χ2v) is 9.72. The van der Waals surface area contributed by atoms with Gasteiger partial charge in [0.2, 0.25) is 5.91 Å². The van der Waals surface area contributed by atoms with Crippen LogP contribution in [0.3, 0.4) is 0 Å². The Morgan fingerprint density at radius 1 is 1.06 bits per heavy atom. The smallest absolute Gasteiger partial charge is 0.314 e. The zero-order chi connectivity index (χ0) is 13.2. The van der Waals surface area contributed by atoms with Gasteiger partial charge in [0.25, 0.3) is 0 Å². The minimum absolute atomic E-state index is 0.0223. The zero-order valence-corrected chi connectivity index (χ0v) is 12.6.